The number of nitriles is 1. The lowest BCUT2D eigenvalue weighted by Crippen LogP contribution is -2.04. The molecule has 1 N–H and O–H groups in total. The summed E-state index contributed by atoms with van der Waals surface area (Å²) in [5.41, 5.74) is 2.17. The Morgan fingerprint density at radius 3 is 2.56 bits per heavy atom. The summed E-state index contributed by atoms with van der Waals surface area (Å²) < 4.78 is 0. The highest BCUT2D eigenvalue weighted by molar-refractivity contribution is 8.03. The first-order valence-corrected chi connectivity index (χ1v) is 6.48. The third-order valence-electron chi connectivity index (χ3n) is 2.19. The molecule has 0 fully saturated rings. The van der Waals surface area contributed by atoms with E-state index in [-0.39, 0.29) is 0 Å². The lowest BCUT2D eigenvalue weighted by atomic mass is 10.3. The molecule has 18 heavy (non-hydrogen) atoms. The molecule has 1 aliphatic heterocycles. The Morgan fingerprint density at radius 1 is 1.33 bits per heavy atom. The number of anilines is 1. The van der Waals surface area contributed by atoms with Gasteiger partial charge in [0.25, 0.3) is 0 Å². The Bertz CT molecular complexity index is 470. The Hall–Kier alpha value is -1.92. The van der Waals surface area contributed by atoms with E-state index in [1.165, 1.54) is 4.90 Å². The van der Waals surface area contributed by atoms with Gasteiger partial charge in [0.1, 0.15) is 0 Å². The van der Waals surface area contributed by atoms with Gasteiger partial charge in [-0.2, -0.15) is 5.26 Å². The molecule has 92 valence electrons. The molecule has 0 radical (unpaired) electrons. The molecular formula is C15H16N2S. The molecule has 0 saturated heterocycles. The predicted molar refractivity (Wildman–Crippen MR) is 79.2 cm³/mol. The van der Waals surface area contributed by atoms with Crippen molar-refractivity contribution in [3.63, 3.8) is 0 Å². The fourth-order valence-electron chi connectivity index (χ4n) is 1.34. The van der Waals surface area contributed by atoms with Gasteiger partial charge in [0.05, 0.1) is 17.5 Å². The molecule has 0 spiro atoms. The van der Waals surface area contributed by atoms with E-state index in [0.717, 1.165) is 16.3 Å². The quantitative estimate of drug-likeness (QED) is 0.832. The second-order valence-corrected chi connectivity index (χ2v) is 4.50. The molecule has 1 aromatic carbocycles. The second-order valence-electron chi connectivity index (χ2n) is 3.42. The summed E-state index contributed by atoms with van der Waals surface area (Å²) in [5.74, 6) is 0. The van der Waals surface area contributed by atoms with Gasteiger partial charge in [-0.05, 0) is 18.2 Å². The van der Waals surface area contributed by atoms with Crippen LogP contribution in [0, 0.1) is 11.3 Å². The van der Waals surface area contributed by atoms with E-state index in [1.54, 1.807) is 11.8 Å². The van der Waals surface area contributed by atoms with Crippen LogP contribution < -0.4 is 5.32 Å². The van der Waals surface area contributed by atoms with Crippen molar-refractivity contribution < 1.29 is 0 Å². The zero-order valence-corrected chi connectivity index (χ0v) is 11.3. The molecule has 1 aliphatic rings. The molecule has 1 aromatic rings. The van der Waals surface area contributed by atoms with Crippen LogP contribution in [0.15, 0.2) is 65.1 Å². The van der Waals surface area contributed by atoms with Gasteiger partial charge in [0.2, 0.25) is 0 Å². The Kier molecular flexibility index (Phi) is 5.83. The Balaban J connectivity index is 0.000000357. The molecule has 0 bridgehead atoms. The van der Waals surface area contributed by atoms with Gasteiger partial charge in [-0.15, -0.1) is 0 Å². The van der Waals surface area contributed by atoms with Gasteiger partial charge < -0.3 is 5.32 Å². The Labute approximate surface area is 113 Å². The third kappa shape index (κ3) is 3.54. The highest BCUT2D eigenvalue weighted by atomic mass is 32.2. The summed E-state index contributed by atoms with van der Waals surface area (Å²) in [5, 5.41) is 10.9. The Morgan fingerprint density at radius 2 is 2.00 bits per heavy atom. The van der Waals surface area contributed by atoms with Crippen LogP contribution in [0.3, 0.4) is 0 Å². The summed E-state index contributed by atoms with van der Waals surface area (Å²) in [6.45, 7) is 9.38. The summed E-state index contributed by atoms with van der Waals surface area (Å²) in [4.78, 5) is 2.35. The molecule has 0 aromatic heterocycles. The van der Waals surface area contributed by atoms with Gasteiger partial charge in [-0.3, -0.25) is 0 Å². The summed E-state index contributed by atoms with van der Waals surface area (Å²) in [6.07, 6.45) is 4.30. The zero-order chi connectivity index (χ0) is 13.4. The molecule has 2 rings (SSSR count). The van der Waals surface area contributed by atoms with Crippen molar-refractivity contribution in [1.82, 2.24) is 0 Å². The van der Waals surface area contributed by atoms with E-state index in [0.29, 0.717) is 6.42 Å². The SMILES string of the molecule is C=CC1=C(C=C)Sc2ccccc2N1.CCC#N. The maximum atomic E-state index is 7.62. The van der Waals surface area contributed by atoms with Crippen LogP contribution in [-0.4, -0.2) is 0 Å². The van der Waals surface area contributed by atoms with Crippen LogP contribution in [0.1, 0.15) is 13.3 Å². The normalized spacial score (nSPS) is 12.2. The van der Waals surface area contributed by atoms with Crippen molar-refractivity contribution in [1.29, 1.82) is 5.26 Å². The third-order valence-corrected chi connectivity index (χ3v) is 3.37. The minimum atomic E-state index is 0.625. The van der Waals surface area contributed by atoms with Crippen LogP contribution in [0.25, 0.3) is 0 Å². The first-order chi connectivity index (χ1) is 8.76. The van der Waals surface area contributed by atoms with Gasteiger partial charge in [-0.25, -0.2) is 0 Å². The number of para-hydroxylation sites is 1. The average Bonchev–Trinajstić information content (AvgIpc) is 2.45. The lowest BCUT2D eigenvalue weighted by Gasteiger charge is -2.20. The number of benzene rings is 1. The maximum absolute atomic E-state index is 7.62. The van der Waals surface area contributed by atoms with Crippen LogP contribution >= 0.6 is 11.8 Å². The predicted octanol–water partition coefficient (Wildman–Crippen LogP) is 4.71. The van der Waals surface area contributed by atoms with Crippen LogP contribution in [0.2, 0.25) is 0 Å². The smallest absolute Gasteiger partial charge is 0.0618 e. The minimum absolute atomic E-state index is 0.625. The van der Waals surface area contributed by atoms with Crippen LogP contribution in [0.4, 0.5) is 5.69 Å². The second kappa shape index (κ2) is 7.41. The lowest BCUT2D eigenvalue weighted by molar-refractivity contribution is 1.22. The first-order valence-electron chi connectivity index (χ1n) is 5.66. The standard InChI is InChI=1S/C12H11NS.C3H5N/c1-3-9-11(4-2)14-12-8-6-5-7-10(12)13-9;1-2-3-4/h3-8,13H,1-2H2;2H2,1H3. The molecule has 1 heterocycles. The molecule has 0 atom stereocenters. The fraction of sp³-hybridized carbons (Fsp3) is 0.133. The van der Waals surface area contributed by atoms with Crippen LogP contribution in [0.5, 0.6) is 0 Å². The monoisotopic (exact) mass is 256 g/mol. The van der Waals surface area contributed by atoms with E-state index in [1.807, 2.05) is 37.3 Å². The maximum Gasteiger partial charge on any atom is 0.0618 e. The van der Waals surface area contributed by atoms with E-state index in [2.05, 4.69) is 30.6 Å². The van der Waals surface area contributed by atoms with Gasteiger partial charge in [0, 0.05) is 16.2 Å². The first kappa shape index (κ1) is 14.1. The molecule has 2 nitrogen and oxygen atoms in total. The van der Waals surface area contributed by atoms with Crippen molar-refractivity contribution in [3.05, 3.63) is 60.2 Å². The van der Waals surface area contributed by atoms with E-state index in [4.69, 9.17) is 5.26 Å². The minimum Gasteiger partial charge on any atom is -0.354 e. The fourth-order valence-corrected chi connectivity index (χ4v) is 2.28. The van der Waals surface area contributed by atoms with Crippen molar-refractivity contribution in [2.45, 2.75) is 18.2 Å². The molecular weight excluding hydrogens is 240 g/mol. The molecule has 0 amide bonds. The molecule has 0 aliphatic carbocycles. The van der Waals surface area contributed by atoms with E-state index < -0.39 is 0 Å². The highest BCUT2D eigenvalue weighted by Crippen LogP contribution is 2.39. The zero-order valence-electron chi connectivity index (χ0n) is 10.4. The number of nitrogens with zero attached hydrogens (tertiary/aromatic N) is 1. The van der Waals surface area contributed by atoms with Crippen molar-refractivity contribution >= 4 is 17.4 Å². The van der Waals surface area contributed by atoms with Crippen LogP contribution in [-0.2, 0) is 0 Å². The summed E-state index contributed by atoms with van der Waals surface area (Å²) in [6, 6.07) is 10.1. The number of allylic oxidation sites excluding steroid dienone is 2. The van der Waals surface area contributed by atoms with E-state index >= 15 is 0 Å². The topological polar surface area (TPSA) is 35.8 Å². The van der Waals surface area contributed by atoms with Crippen molar-refractivity contribution in [2.24, 2.45) is 0 Å². The number of rotatable bonds is 2. The molecule has 0 unspecified atom stereocenters. The van der Waals surface area contributed by atoms with Crippen molar-refractivity contribution in [3.8, 4) is 6.07 Å². The molecule has 0 saturated carbocycles. The van der Waals surface area contributed by atoms with Crippen molar-refractivity contribution in [2.75, 3.05) is 5.32 Å². The summed E-state index contributed by atoms with van der Waals surface area (Å²) >= 11 is 1.72. The number of hydrogen-bond donors (Lipinski definition) is 1. The van der Waals surface area contributed by atoms with Gasteiger partial charge >= 0.3 is 0 Å². The highest BCUT2D eigenvalue weighted by Gasteiger charge is 2.13. The van der Waals surface area contributed by atoms with E-state index in [9.17, 15) is 0 Å². The van der Waals surface area contributed by atoms with Gasteiger partial charge in [0.15, 0.2) is 0 Å². The average molecular weight is 256 g/mol. The largest absolute Gasteiger partial charge is 0.354 e. The summed E-state index contributed by atoms with van der Waals surface area (Å²) in [7, 11) is 0. The number of hydrogen-bond acceptors (Lipinski definition) is 3. The molecule has 3 heteroatoms. The van der Waals surface area contributed by atoms with Gasteiger partial charge in [-0.1, -0.05) is 50.1 Å². The number of fused-ring (bicyclic) bond motifs is 1. The number of thioether (sulfide) groups is 1. The number of nitrogens with one attached hydrogen (secondary N) is 1.